The highest BCUT2D eigenvalue weighted by Crippen LogP contribution is 2.22. The van der Waals surface area contributed by atoms with Crippen molar-refractivity contribution in [2.24, 2.45) is 0 Å². The van der Waals surface area contributed by atoms with Crippen LogP contribution < -0.4 is 10.1 Å². The molecule has 1 aromatic heterocycles. The van der Waals surface area contributed by atoms with Gasteiger partial charge in [0.05, 0.1) is 23.9 Å². The maximum absolute atomic E-state index is 12.7. The number of benzene rings is 2. The van der Waals surface area contributed by atoms with Gasteiger partial charge in [0, 0.05) is 23.9 Å². The maximum Gasteiger partial charge on any atom is 0.276 e. The summed E-state index contributed by atoms with van der Waals surface area (Å²) < 4.78 is 12.8. The van der Waals surface area contributed by atoms with Crippen LogP contribution in [0.3, 0.4) is 0 Å². The van der Waals surface area contributed by atoms with E-state index in [1.54, 1.807) is 16.9 Å². The lowest BCUT2D eigenvalue weighted by Gasteiger charge is -2.12. The van der Waals surface area contributed by atoms with Crippen molar-refractivity contribution in [1.29, 1.82) is 0 Å². The molecule has 1 aliphatic heterocycles. The Balaban J connectivity index is 1.45. The van der Waals surface area contributed by atoms with E-state index in [9.17, 15) is 4.79 Å². The van der Waals surface area contributed by atoms with Crippen LogP contribution >= 0.6 is 11.6 Å². The molecule has 0 radical (unpaired) electrons. The first-order valence-corrected chi connectivity index (χ1v) is 9.45. The number of aromatic nitrogens is 2. The molecule has 2 aromatic carbocycles. The normalized spacial score (nSPS) is 16.1. The van der Waals surface area contributed by atoms with Gasteiger partial charge in [-0.1, -0.05) is 23.7 Å². The molecule has 144 valence electrons. The van der Waals surface area contributed by atoms with Crippen molar-refractivity contribution in [3.8, 4) is 11.4 Å². The highest BCUT2D eigenvalue weighted by molar-refractivity contribution is 6.32. The quantitative estimate of drug-likeness (QED) is 0.698. The number of para-hydroxylation sites is 1. The van der Waals surface area contributed by atoms with Crippen molar-refractivity contribution >= 4 is 23.2 Å². The maximum atomic E-state index is 12.7. The van der Waals surface area contributed by atoms with Gasteiger partial charge < -0.3 is 14.8 Å². The number of halogens is 1. The van der Waals surface area contributed by atoms with Crippen LogP contribution in [0.25, 0.3) is 5.69 Å². The Morgan fingerprint density at radius 1 is 1.25 bits per heavy atom. The van der Waals surface area contributed by atoms with Crippen LogP contribution in [-0.2, 0) is 4.74 Å². The van der Waals surface area contributed by atoms with Crippen LogP contribution in [0.4, 0.5) is 5.69 Å². The number of carbonyl (C=O) groups excluding carboxylic acids is 1. The zero-order chi connectivity index (χ0) is 19.5. The van der Waals surface area contributed by atoms with Crippen molar-refractivity contribution in [3.63, 3.8) is 0 Å². The first-order chi connectivity index (χ1) is 13.6. The van der Waals surface area contributed by atoms with Gasteiger partial charge in [-0.25, -0.2) is 4.68 Å². The fourth-order valence-electron chi connectivity index (χ4n) is 3.05. The van der Waals surface area contributed by atoms with Gasteiger partial charge in [-0.2, -0.15) is 5.10 Å². The molecule has 0 aliphatic carbocycles. The van der Waals surface area contributed by atoms with Gasteiger partial charge in [-0.05, 0) is 43.3 Å². The summed E-state index contributed by atoms with van der Waals surface area (Å²) in [6.07, 6.45) is 2.78. The lowest BCUT2D eigenvalue weighted by atomic mass is 10.2. The molecule has 4 rings (SSSR count). The molecule has 0 saturated carbocycles. The van der Waals surface area contributed by atoms with E-state index in [0.717, 1.165) is 30.0 Å². The second-order valence-electron chi connectivity index (χ2n) is 6.64. The molecule has 1 amide bonds. The number of anilines is 1. The van der Waals surface area contributed by atoms with E-state index in [-0.39, 0.29) is 12.0 Å². The van der Waals surface area contributed by atoms with Crippen molar-refractivity contribution in [2.45, 2.75) is 19.4 Å². The standard InChI is InChI=1S/C21H20ClN3O3/c1-14-12-25(19-5-3-2-4-18(19)22)24-20(14)21(26)23-15-6-8-16(9-7-15)28-17-10-11-27-13-17/h2-9,12,17H,10-11,13H2,1H3,(H,23,26)/t17-/m0/s1. The topological polar surface area (TPSA) is 65.4 Å². The summed E-state index contributed by atoms with van der Waals surface area (Å²) in [5.74, 6) is 0.480. The number of rotatable bonds is 5. The van der Waals surface area contributed by atoms with Crippen LogP contribution in [0.2, 0.25) is 5.02 Å². The molecule has 0 spiro atoms. The van der Waals surface area contributed by atoms with Crippen molar-refractivity contribution in [1.82, 2.24) is 9.78 Å². The predicted molar refractivity (Wildman–Crippen MR) is 108 cm³/mol. The summed E-state index contributed by atoms with van der Waals surface area (Å²) in [6.45, 7) is 3.20. The number of ether oxygens (including phenoxy) is 2. The summed E-state index contributed by atoms with van der Waals surface area (Å²) in [5, 5.41) is 7.85. The van der Waals surface area contributed by atoms with Crippen molar-refractivity contribution < 1.29 is 14.3 Å². The number of aryl methyl sites for hydroxylation is 1. The SMILES string of the molecule is Cc1cn(-c2ccccc2Cl)nc1C(=O)Nc1ccc(O[C@H]2CCOC2)cc1. The van der Waals surface area contributed by atoms with E-state index in [0.29, 0.717) is 23.0 Å². The molecule has 28 heavy (non-hydrogen) atoms. The highest BCUT2D eigenvalue weighted by atomic mass is 35.5. The first kappa shape index (κ1) is 18.5. The number of hydrogen-bond acceptors (Lipinski definition) is 4. The largest absolute Gasteiger partial charge is 0.488 e. The molecule has 1 N–H and O–H groups in total. The van der Waals surface area contributed by atoms with Crippen LogP contribution in [0.5, 0.6) is 5.75 Å². The molecule has 0 unspecified atom stereocenters. The number of hydrogen-bond donors (Lipinski definition) is 1. The van der Waals surface area contributed by atoms with Crippen LogP contribution in [-0.4, -0.2) is 35.0 Å². The van der Waals surface area contributed by atoms with Crippen molar-refractivity contribution in [3.05, 3.63) is 71.0 Å². The molecule has 3 aromatic rings. The Kier molecular flexibility index (Phi) is 5.32. The lowest BCUT2D eigenvalue weighted by molar-refractivity contribution is 0.102. The van der Waals surface area contributed by atoms with Crippen LogP contribution in [0.15, 0.2) is 54.7 Å². The molecule has 1 aliphatic rings. The van der Waals surface area contributed by atoms with Gasteiger partial charge in [0.15, 0.2) is 5.69 Å². The number of nitrogens with one attached hydrogen (secondary N) is 1. The Morgan fingerprint density at radius 3 is 2.75 bits per heavy atom. The van der Waals surface area contributed by atoms with Gasteiger partial charge >= 0.3 is 0 Å². The number of carbonyl (C=O) groups is 1. The first-order valence-electron chi connectivity index (χ1n) is 9.07. The molecular formula is C21H20ClN3O3. The van der Waals surface area contributed by atoms with Crippen LogP contribution in [0, 0.1) is 6.92 Å². The molecule has 7 heteroatoms. The fourth-order valence-corrected chi connectivity index (χ4v) is 3.27. The molecule has 1 atom stereocenters. The third-order valence-electron chi connectivity index (χ3n) is 4.51. The zero-order valence-corrected chi connectivity index (χ0v) is 16.1. The molecule has 1 fully saturated rings. The van der Waals surface area contributed by atoms with Gasteiger partial charge in [-0.3, -0.25) is 4.79 Å². The van der Waals surface area contributed by atoms with Gasteiger partial charge in [-0.15, -0.1) is 0 Å². The summed E-state index contributed by atoms with van der Waals surface area (Å²) >= 11 is 6.22. The van der Waals surface area contributed by atoms with Gasteiger partial charge in [0.25, 0.3) is 5.91 Å². The summed E-state index contributed by atoms with van der Waals surface area (Å²) in [5.41, 5.74) is 2.51. The smallest absolute Gasteiger partial charge is 0.276 e. The van der Waals surface area contributed by atoms with E-state index >= 15 is 0 Å². The Labute approximate surface area is 168 Å². The third kappa shape index (κ3) is 4.03. The number of nitrogens with zero attached hydrogens (tertiary/aromatic N) is 2. The summed E-state index contributed by atoms with van der Waals surface area (Å²) in [6, 6.07) is 14.7. The second kappa shape index (κ2) is 8.04. The zero-order valence-electron chi connectivity index (χ0n) is 15.4. The molecule has 2 heterocycles. The summed E-state index contributed by atoms with van der Waals surface area (Å²) in [4.78, 5) is 12.7. The van der Waals surface area contributed by atoms with E-state index in [1.807, 2.05) is 49.4 Å². The average molecular weight is 398 g/mol. The minimum atomic E-state index is -0.277. The van der Waals surface area contributed by atoms with Crippen LogP contribution in [0.1, 0.15) is 22.5 Å². The van der Waals surface area contributed by atoms with E-state index in [4.69, 9.17) is 21.1 Å². The third-order valence-corrected chi connectivity index (χ3v) is 4.83. The fraction of sp³-hybridized carbons (Fsp3) is 0.238. The number of amides is 1. The minimum Gasteiger partial charge on any atom is -0.488 e. The minimum absolute atomic E-state index is 0.0943. The lowest BCUT2D eigenvalue weighted by Crippen LogP contribution is -2.16. The van der Waals surface area contributed by atoms with Gasteiger partial charge in [0.1, 0.15) is 11.9 Å². The average Bonchev–Trinajstić information content (AvgIpc) is 3.33. The summed E-state index contributed by atoms with van der Waals surface area (Å²) in [7, 11) is 0. The predicted octanol–water partition coefficient (Wildman–Crippen LogP) is 4.25. The van der Waals surface area contributed by atoms with E-state index in [2.05, 4.69) is 10.4 Å². The monoisotopic (exact) mass is 397 g/mol. The second-order valence-corrected chi connectivity index (χ2v) is 7.05. The Hall–Kier alpha value is -2.83. The highest BCUT2D eigenvalue weighted by Gasteiger charge is 2.18. The Bertz CT molecular complexity index is 979. The van der Waals surface area contributed by atoms with E-state index < -0.39 is 0 Å². The molecule has 1 saturated heterocycles. The van der Waals surface area contributed by atoms with Gasteiger partial charge in [0.2, 0.25) is 0 Å². The van der Waals surface area contributed by atoms with E-state index in [1.165, 1.54) is 0 Å². The van der Waals surface area contributed by atoms with Crippen molar-refractivity contribution in [2.75, 3.05) is 18.5 Å². The Morgan fingerprint density at radius 2 is 2.04 bits per heavy atom. The molecule has 0 bridgehead atoms. The molecule has 6 nitrogen and oxygen atoms in total. The molecular weight excluding hydrogens is 378 g/mol.